The summed E-state index contributed by atoms with van der Waals surface area (Å²) in [6.45, 7) is 8.28. The van der Waals surface area contributed by atoms with E-state index in [4.69, 9.17) is 9.47 Å². The van der Waals surface area contributed by atoms with E-state index in [-0.39, 0.29) is 11.7 Å². The summed E-state index contributed by atoms with van der Waals surface area (Å²) >= 11 is 0. The number of nitrogens with one attached hydrogen (secondary N) is 1. The van der Waals surface area contributed by atoms with E-state index >= 15 is 0 Å². The fraction of sp³-hybridized carbons (Fsp3) is 0.944. The average Bonchev–Trinajstić information content (AvgIpc) is 2.94. The molecule has 0 aromatic rings. The van der Waals surface area contributed by atoms with E-state index < -0.39 is 0 Å². The molecule has 0 aromatic carbocycles. The predicted octanol–water partition coefficient (Wildman–Crippen LogP) is 0.603. The van der Waals surface area contributed by atoms with E-state index in [1.807, 2.05) is 4.90 Å². The van der Waals surface area contributed by atoms with Crippen molar-refractivity contribution in [1.29, 1.82) is 0 Å². The van der Waals surface area contributed by atoms with Crippen LogP contribution in [-0.2, 0) is 9.47 Å². The molecule has 144 valence electrons. The molecule has 7 nitrogen and oxygen atoms in total. The molecule has 3 aliphatic heterocycles. The lowest BCUT2D eigenvalue weighted by atomic mass is 9.89. The van der Waals surface area contributed by atoms with Gasteiger partial charge in [0.1, 0.15) is 5.60 Å². The molecule has 1 N–H and O–H groups in total. The highest BCUT2D eigenvalue weighted by molar-refractivity contribution is 5.70. The number of ether oxygens (including phenoxy) is 2. The third-order valence-electron chi connectivity index (χ3n) is 5.97. The molecule has 1 atom stereocenters. The van der Waals surface area contributed by atoms with Gasteiger partial charge in [-0.25, -0.2) is 4.79 Å². The number of carbonyl (C=O) groups is 1. The number of rotatable bonds is 7. The number of amides is 1. The molecule has 0 radical (unpaired) electrons. The fourth-order valence-corrected chi connectivity index (χ4v) is 4.22. The van der Waals surface area contributed by atoms with Crippen LogP contribution in [0.2, 0.25) is 0 Å². The Morgan fingerprint density at radius 2 is 2.16 bits per heavy atom. The van der Waals surface area contributed by atoms with Crippen LogP contribution in [0, 0.1) is 0 Å². The molecule has 1 amide bonds. The van der Waals surface area contributed by atoms with Crippen molar-refractivity contribution in [2.24, 2.45) is 0 Å². The highest BCUT2D eigenvalue weighted by Gasteiger charge is 2.47. The lowest BCUT2D eigenvalue weighted by molar-refractivity contribution is -0.0127. The zero-order valence-electron chi connectivity index (χ0n) is 15.8. The van der Waals surface area contributed by atoms with Crippen molar-refractivity contribution in [1.82, 2.24) is 20.0 Å². The molecule has 1 unspecified atom stereocenters. The van der Waals surface area contributed by atoms with E-state index in [0.29, 0.717) is 6.04 Å². The molecule has 7 heteroatoms. The molecule has 3 fully saturated rings. The predicted molar refractivity (Wildman–Crippen MR) is 96.9 cm³/mol. The van der Waals surface area contributed by atoms with Crippen molar-refractivity contribution in [3.05, 3.63) is 0 Å². The number of carbonyl (C=O) groups excluding carboxylic acids is 1. The van der Waals surface area contributed by atoms with Gasteiger partial charge in [-0.15, -0.1) is 0 Å². The van der Waals surface area contributed by atoms with E-state index in [0.717, 1.165) is 71.8 Å². The van der Waals surface area contributed by atoms with Gasteiger partial charge in [0.2, 0.25) is 0 Å². The van der Waals surface area contributed by atoms with Crippen LogP contribution in [0.5, 0.6) is 0 Å². The summed E-state index contributed by atoms with van der Waals surface area (Å²) in [5.74, 6) is 0. The largest absolute Gasteiger partial charge is 0.441 e. The SMILES string of the molecule is COCCN(C)CCN1CC2(CCN(C3CCCNC3)CC2)OC1=O. The smallest absolute Gasteiger partial charge is 0.410 e. The Labute approximate surface area is 151 Å². The van der Waals surface area contributed by atoms with Gasteiger partial charge in [-0.3, -0.25) is 4.90 Å². The van der Waals surface area contributed by atoms with Gasteiger partial charge < -0.3 is 24.6 Å². The third-order valence-corrected chi connectivity index (χ3v) is 5.97. The number of hydrogen-bond acceptors (Lipinski definition) is 6. The van der Waals surface area contributed by atoms with Gasteiger partial charge >= 0.3 is 6.09 Å². The minimum atomic E-state index is -0.249. The first kappa shape index (κ1) is 18.9. The quantitative estimate of drug-likeness (QED) is 0.723. The summed E-state index contributed by atoms with van der Waals surface area (Å²) in [7, 11) is 3.78. The third kappa shape index (κ3) is 4.84. The van der Waals surface area contributed by atoms with Crippen molar-refractivity contribution in [2.75, 3.05) is 73.1 Å². The molecule has 0 bridgehead atoms. The fourth-order valence-electron chi connectivity index (χ4n) is 4.22. The second-order valence-corrected chi connectivity index (χ2v) is 7.80. The van der Waals surface area contributed by atoms with E-state index in [1.165, 1.54) is 12.8 Å². The zero-order chi connectivity index (χ0) is 17.7. The monoisotopic (exact) mass is 354 g/mol. The zero-order valence-corrected chi connectivity index (χ0v) is 15.8. The second kappa shape index (κ2) is 8.66. The number of nitrogens with zero attached hydrogens (tertiary/aromatic N) is 3. The van der Waals surface area contributed by atoms with Crippen LogP contribution in [0.3, 0.4) is 0 Å². The second-order valence-electron chi connectivity index (χ2n) is 7.80. The van der Waals surface area contributed by atoms with Crippen molar-refractivity contribution < 1.29 is 14.3 Å². The Kier molecular flexibility index (Phi) is 6.55. The van der Waals surface area contributed by atoms with Gasteiger partial charge in [-0.1, -0.05) is 0 Å². The molecular formula is C18H34N4O3. The maximum Gasteiger partial charge on any atom is 0.410 e. The van der Waals surface area contributed by atoms with E-state index in [9.17, 15) is 4.79 Å². The van der Waals surface area contributed by atoms with Crippen LogP contribution in [0.1, 0.15) is 25.7 Å². The highest BCUT2D eigenvalue weighted by Crippen LogP contribution is 2.34. The van der Waals surface area contributed by atoms with E-state index in [1.54, 1.807) is 7.11 Å². The van der Waals surface area contributed by atoms with Gasteiger partial charge in [0.15, 0.2) is 0 Å². The maximum absolute atomic E-state index is 12.3. The van der Waals surface area contributed by atoms with Crippen molar-refractivity contribution >= 4 is 6.09 Å². The van der Waals surface area contributed by atoms with E-state index in [2.05, 4.69) is 22.2 Å². The molecule has 25 heavy (non-hydrogen) atoms. The molecule has 3 rings (SSSR count). The number of likely N-dealkylation sites (N-methyl/N-ethyl adjacent to an activating group) is 1. The van der Waals surface area contributed by atoms with Crippen molar-refractivity contribution in [2.45, 2.75) is 37.3 Å². The molecule has 3 heterocycles. The van der Waals surface area contributed by atoms with Crippen LogP contribution in [0.25, 0.3) is 0 Å². The summed E-state index contributed by atoms with van der Waals surface area (Å²) in [5.41, 5.74) is -0.249. The normalized spacial score (nSPS) is 27.2. The molecular weight excluding hydrogens is 320 g/mol. The first-order valence-corrected chi connectivity index (χ1v) is 9.72. The van der Waals surface area contributed by atoms with Gasteiger partial charge in [0, 0.05) is 65.3 Å². The number of hydrogen-bond donors (Lipinski definition) is 1. The molecule has 1 spiro atoms. The van der Waals surface area contributed by atoms with Gasteiger partial charge in [-0.2, -0.15) is 0 Å². The van der Waals surface area contributed by atoms with Gasteiger partial charge in [0.05, 0.1) is 13.2 Å². The summed E-state index contributed by atoms with van der Waals surface area (Å²) in [4.78, 5) is 19.0. The summed E-state index contributed by atoms with van der Waals surface area (Å²) in [6, 6.07) is 0.661. The summed E-state index contributed by atoms with van der Waals surface area (Å²) < 4.78 is 11.0. The Morgan fingerprint density at radius 1 is 1.36 bits per heavy atom. The minimum absolute atomic E-state index is 0.132. The van der Waals surface area contributed by atoms with Gasteiger partial charge in [0.25, 0.3) is 0 Å². The number of likely N-dealkylation sites (tertiary alicyclic amines) is 1. The average molecular weight is 354 g/mol. The topological polar surface area (TPSA) is 57.3 Å². The standard InChI is InChI=1S/C18H34N4O3/c1-20(12-13-24-2)10-11-22-15-18(25-17(22)23)5-8-21(9-6-18)16-4-3-7-19-14-16/h16,19H,3-15H2,1-2H3. The molecule has 3 saturated heterocycles. The minimum Gasteiger partial charge on any atom is -0.441 e. The van der Waals surface area contributed by atoms with Crippen molar-refractivity contribution in [3.8, 4) is 0 Å². The van der Waals surface area contributed by atoms with Crippen LogP contribution in [0.4, 0.5) is 4.79 Å². The van der Waals surface area contributed by atoms with Crippen LogP contribution in [0.15, 0.2) is 0 Å². The number of piperidine rings is 2. The molecule has 3 aliphatic rings. The summed E-state index contributed by atoms with van der Waals surface area (Å²) in [5, 5.41) is 3.50. The molecule has 0 saturated carbocycles. The Morgan fingerprint density at radius 3 is 2.84 bits per heavy atom. The lowest BCUT2D eigenvalue weighted by Crippen LogP contribution is -2.53. The first-order chi connectivity index (χ1) is 12.1. The van der Waals surface area contributed by atoms with Crippen LogP contribution in [-0.4, -0.2) is 106 Å². The summed E-state index contributed by atoms with van der Waals surface area (Å²) in [6.07, 6.45) is 4.36. The van der Waals surface area contributed by atoms with Gasteiger partial charge in [-0.05, 0) is 26.4 Å². The Balaban J connectivity index is 1.44. The van der Waals surface area contributed by atoms with Crippen LogP contribution >= 0.6 is 0 Å². The first-order valence-electron chi connectivity index (χ1n) is 9.72. The maximum atomic E-state index is 12.3. The molecule has 0 aromatic heterocycles. The Hall–Kier alpha value is -0.890. The Bertz CT molecular complexity index is 434. The highest BCUT2D eigenvalue weighted by atomic mass is 16.6. The van der Waals surface area contributed by atoms with Crippen LogP contribution < -0.4 is 5.32 Å². The lowest BCUT2D eigenvalue weighted by Gasteiger charge is -2.42. The molecule has 0 aliphatic carbocycles. The van der Waals surface area contributed by atoms with Crippen molar-refractivity contribution in [3.63, 3.8) is 0 Å². The number of methoxy groups -OCH3 is 1.